The maximum absolute atomic E-state index is 11.3. The molecule has 1 rings (SSSR count). The number of ether oxygens (including phenoxy) is 2. The lowest BCUT2D eigenvalue weighted by molar-refractivity contribution is -0.120. The maximum Gasteiger partial charge on any atom is 0.161 e. The van der Waals surface area contributed by atoms with E-state index in [1.54, 1.807) is 0 Å². The minimum Gasteiger partial charge on any atom is -0.388 e. The molecule has 0 bridgehead atoms. The first-order valence-electron chi connectivity index (χ1n) is 6.90. The van der Waals surface area contributed by atoms with Gasteiger partial charge in [-0.05, 0) is 12.5 Å². The number of ketones is 1. The summed E-state index contributed by atoms with van der Waals surface area (Å²) >= 11 is 0. The van der Waals surface area contributed by atoms with Gasteiger partial charge in [0.2, 0.25) is 0 Å². The number of aliphatic hydroxyl groups is 1. The van der Waals surface area contributed by atoms with Gasteiger partial charge < -0.3 is 19.9 Å². The van der Waals surface area contributed by atoms with Gasteiger partial charge in [-0.3, -0.25) is 4.79 Å². The van der Waals surface area contributed by atoms with E-state index in [1.165, 1.54) is 12.2 Å². The smallest absolute Gasteiger partial charge is 0.161 e. The Balaban J connectivity index is 1.88. The summed E-state index contributed by atoms with van der Waals surface area (Å²) in [4.78, 5) is 11.3. The van der Waals surface area contributed by atoms with Crippen LogP contribution in [0.2, 0.25) is 0 Å². The van der Waals surface area contributed by atoms with Gasteiger partial charge in [0.15, 0.2) is 5.78 Å². The molecule has 0 fully saturated rings. The van der Waals surface area contributed by atoms with Gasteiger partial charge in [-0.2, -0.15) is 0 Å². The highest BCUT2D eigenvalue weighted by Crippen LogP contribution is 2.18. The molecule has 2 unspecified atom stereocenters. The number of hydrogen-bond acceptors (Lipinski definition) is 5. The Labute approximate surface area is 115 Å². The number of carbonyl (C=O) groups excluding carboxylic acids is 1. The van der Waals surface area contributed by atoms with E-state index in [1.807, 2.05) is 0 Å². The molecule has 5 nitrogen and oxygen atoms in total. The molecule has 0 aliphatic heterocycles. The Morgan fingerprint density at radius 1 is 1.26 bits per heavy atom. The van der Waals surface area contributed by atoms with E-state index in [0.29, 0.717) is 38.9 Å². The molecule has 1 aliphatic rings. The van der Waals surface area contributed by atoms with Crippen molar-refractivity contribution >= 4 is 5.78 Å². The van der Waals surface area contributed by atoms with Gasteiger partial charge in [-0.1, -0.05) is 19.9 Å². The predicted molar refractivity (Wildman–Crippen MR) is 73.0 cm³/mol. The van der Waals surface area contributed by atoms with Crippen LogP contribution < -0.4 is 5.32 Å². The highest BCUT2D eigenvalue weighted by Gasteiger charge is 2.27. The van der Waals surface area contributed by atoms with E-state index in [9.17, 15) is 9.90 Å². The molecule has 19 heavy (non-hydrogen) atoms. The summed E-state index contributed by atoms with van der Waals surface area (Å²) in [5.74, 6) is -0.330. The van der Waals surface area contributed by atoms with Gasteiger partial charge >= 0.3 is 0 Å². The lowest BCUT2D eigenvalue weighted by atomic mass is 10.0. The molecule has 0 aromatic heterocycles. The lowest BCUT2D eigenvalue weighted by Gasteiger charge is -2.13. The third-order valence-electron chi connectivity index (χ3n) is 2.98. The summed E-state index contributed by atoms with van der Waals surface area (Å²) in [6, 6.07) is 0.476. The van der Waals surface area contributed by atoms with Crippen LogP contribution in [0.15, 0.2) is 12.2 Å². The largest absolute Gasteiger partial charge is 0.388 e. The fourth-order valence-corrected chi connectivity index (χ4v) is 1.88. The van der Waals surface area contributed by atoms with Crippen molar-refractivity contribution in [1.82, 2.24) is 5.32 Å². The van der Waals surface area contributed by atoms with Crippen LogP contribution in [0.1, 0.15) is 20.3 Å². The molecule has 0 radical (unpaired) electrons. The zero-order valence-corrected chi connectivity index (χ0v) is 11.8. The Bertz CT molecular complexity index is 291. The fraction of sp³-hybridized carbons (Fsp3) is 0.786. The summed E-state index contributed by atoms with van der Waals surface area (Å²) in [7, 11) is 0. The molecule has 2 N–H and O–H groups in total. The van der Waals surface area contributed by atoms with Crippen molar-refractivity contribution in [2.75, 3.05) is 33.0 Å². The van der Waals surface area contributed by atoms with Crippen LogP contribution >= 0.6 is 0 Å². The number of allylic oxidation sites excluding steroid dienone is 1. The van der Waals surface area contributed by atoms with Crippen molar-refractivity contribution in [2.45, 2.75) is 32.4 Å². The lowest BCUT2D eigenvalue weighted by Crippen LogP contribution is -2.27. The van der Waals surface area contributed by atoms with Crippen LogP contribution in [0.3, 0.4) is 0 Å². The van der Waals surface area contributed by atoms with Crippen LogP contribution in [0.5, 0.6) is 0 Å². The van der Waals surface area contributed by atoms with Gasteiger partial charge in [-0.15, -0.1) is 0 Å². The molecule has 0 aromatic rings. The van der Waals surface area contributed by atoms with Crippen molar-refractivity contribution in [3.05, 3.63) is 12.2 Å². The van der Waals surface area contributed by atoms with Crippen molar-refractivity contribution in [3.8, 4) is 0 Å². The van der Waals surface area contributed by atoms with Crippen LogP contribution in [0, 0.1) is 5.92 Å². The Morgan fingerprint density at radius 2 is 1.95 bits per heavy atom. The Hall–Kier alpha value is -0.750. The van der Waals surface area contributed by atoms with Crippen molar-refractivity contribution in [3.63, 3.8) is 0 Å². The average molecular weight is 271 g/mol. The molecule has 2 atom stereocenters. The van der Waals surface area contributed by atoms with Gasteiger partial charge in [0.25, 0.3) is 0 Å². The zero-order valence-electron chi connectivity index (χ0n) is 11.8. The molecule has 1 aliphatic carbocycles. The van der Waals surface area contributed by atoms with E-state index in [4.69, 9.17) is 9.47 Å². The molecule has 0 spiro atoms. The number of nitrogens with one attached hydrogen (secondary N) is 1. The van der Waals surface area contributed by atoms with E-state index in [0.717, 1.165) is 6.54 Å². The van der Waals surface area contributed by atoms with Gasteiger partial charge in [0.05, 0.1) is 31.8 Å². The Kier molecular flexibility index (Phi) is 7.90. The molecule has 0 saturated carbocycles. The quantitative estimate of drug-likeness (QED) is 0.567. The standard InChI is InChI=1S/C14H25NO4/c1-11(2)15-6-8-19-10-9-18-7-5-12-13(16)3-4-14(12)17/h3-4,11-13,15-16H,5-10H2,1-2H3. The second-order valence-electron chi connectivity index (χ2n) is 4.98. The van der Waals surface area contributed by atoms with Gasteiger partial charge in [0.1, 0.15) is 0 Å². The summed E-state index contributed by atoms with van der Waals surface area (Å²) in [5.41, 5.74) is 0. The third kappa shape index (κ3) is 6.82. The SMILES string of the molecule is CC(C)NCCOCCOCCC1C(=O)C=CC1O. The molecular weight excluding hydrogens is 246 g/mol. The van der Waals surface area contributed by atoms with Crippen LogP contribution in [-0.4, -0.2) is 56.0 Å². The summed E-state index contributed by atoms with van der Waals surface area (Å²) < 4.78 is 10.8. The maximum atomic E-state index is 11.3. The molecule has 5 heteroatoms. The fourth-order valence-electron chi connectivity index (χ4n) is 1.88. The highest BCUT2D eigenvalue weighted by atomic mass is 16.5. The topological polar surface area (TPSA) is 67.8 Å². The predicted octanol–water partition coefficient (Wildman–Crippen LogP) is 0.524. The molecular formula is C14H25NO4. The zero-order chi connectivity index (χ0) is 14.1. The molecule has 0 saturated heterocycles. The summed E-state index contributed by atoms with van der Waals surface area (Å²) in [6.45, 7) is 7.25. The second kappa shape index (κ2) is 9.20. The normalized spacial score (nSPS) is 22.6. The van der Waals surface area contributed by atoms with E-state index in [2.05, 4.69) is 19.2 Å². The Morgan fingerprint density at radius 3 is 2.53 bits per heavy atom. The van der Waals surface area contributed by atoms with Crippen molar-refractivity contribution in [2.24, 2.45) is 5.92 Å². The van der Waals surface area contributed by atoms with Crippen molar-refractivity contribution in [1.29, 1.82) is 0 Å². The first-order valence-corrected chi connectivity index (χ1v) is 6.90. The molecule has 0 aromatic carbocycles. The summed E-state index contributed by atoms with van der Waals surface area (Å²) in [6.07, 6.45) is 2.90. The van der Waals surface area contributed by atoms with Gasteiger partial charge in [-0.25, -0.2) is 0 Å². The van der Waals surface area contributed by atoms with Gasteiger partial charge in [0, 0.05) is 19.2 Å². The minimum absolute atomic E-state index is 0.00731. The van der Waals surface area contributed by atoms with Crippen molar-refractivity contribution < 1.29 is 19.4 Å². The van der Waals surface area contributed by atoms with E-state index in [-0.39, 0.29) is 11.7 Å². The third-order valence-corrected chi connectivity index (χ3v) is 2.98. The first kappa shape index (κ1) is 16.3. The first-order chi connectivity index (χ1) is 9.11. The van der Waals surface area contributed by atoms with Crippen LogP contribution in [-0.2, 0) is 14.3 Å². The monoisotopic (exact) mass is 271 g/mol. The average Bonchev–Trinajstić information content (AvgIpc) is 2.67. The summed E-state index contributed by atoms with van der Waals surface area (Å²) in [5, 5.41) is 12.8. The minimum atomic E-state index is -0.644. The van der Waals surface area contributed by atoms with E-state index >= 15 is 0 Å². The molecule has 0 heterocycles. The molecule has 110 valence electrons. The van der Waals surface area contributed by atoms with Crippen LogP contribution in [0.4, 0.5) is 0 Å². The number of aliphatic hydroxyl groups excluding tert-OH is 1. The highest BCUT2D eigenvalue weighted by molar-refractivity contribution is 5.94. The van der Waals surface area contributed by atoms with Crippen LogP contribution in [0.25, 0.3) is 0 Å². The number of hydrogen-bond donors (Lipinski definition) is 2. The second-order valence-corrected chi connectivity index (χ2v) is 4.98. The number of carbonyl (C=O) groups is 1. The number of rotatable bonds is 10. The van der Waals surface area contributed by atoms with E-state index < -0.39 is 6.10 Å². The molecule has 0 amide bonds.